The van der Waals surface area contributed by atoms with E-state index < -0.39 is 24.4 Å². The van der Waals surface area contributed by atoms with Crippen LogP contribution in [0.4, 0.5) is 13.2 Å². The first-order chi connectivity index (χ1) is 10.9. The van der Waals surface area contributed by atoms with Gasteiger partial charge in [0.05, 0.1) is 16.6 Å². The van der Waals surface area contributed by atoms with Crippen molar-refractivity contribution in [2.24, 2.45) is 0 Å². The molecule has 2 aromatic rings. The molecule has 0 saturated carbocycles. The van der Waals surface area contributed by atoms with Crippen molar-refractivity contribution in [3.8, 4) is 5.75 Å². The van der Waals surface area contributed by atoms with Gasteiger partial charge in [0.15, 0.2) is 0 Å². The number of hydrogen-bond acceptors (Lipinski definition) is 2. The fourth-order valence-corrected chi connectivity index (χ4v) is 2.24. The average molecular weight is 344 g/mol. The fraction of sp³-hybridized carbons (Fsp3) is 0.188. The molecule has 2 aromatic carbocycles. The second-order valence-electron chi connectivity index (χ2n) is 4.77. The van der Waals surface area contributed by atoms with Gasteiger partial charge >= 0.3 is 6.61 Å². The van der Waals surface area contributed by atoms with Gasteiger partial charge in [0, 0.05) is 0 Å². The molecule has 0 heterocycles. The summed E-state index contributed by atoms with van der Waals surface area (Å²) >= 11 is 5.83. The first-order valence-corrected chi connectivity index (χ1v) is 7.05. The van der Waals surface area contributed by atoms with Gasteiger partial charge in [-0.1, -0.05) is 23.7 Å². The topological polar surface area (TPSA) is 38.3 Å². The summed E-state index contributed by atoms with van der Waals surface area (Å²) in [5, 5.41) is 2.65. The van der Waals surface area contributed by atoms with Gasteiger partial charge in [0.2, 0.25) is 0 Å². The van der Waals surface area contributed by atoms with Crippen LogP contribution in [0.3, 0.4) is 0 Å². The highest BCUT2D eigenvalue weighted by Gasteiger charge is 2.15. The number of hydrogen-bond donors (Lipinski definition) is 1. The summed E-state index contributed by atoms with van der Waals surface area (Å²) in [5.74, 6) is -1.04. The van der Waals surface area contributed by atoms with Crippen LogP contribution in [0.1, 0.15) is 28.9 Å². The van der Waals surface area contributed by atoms with Gasteiger partial charge in [-0.3, -0.25) is 4.79 Å². The van der Waals surface area contributed by atoms with Crippen molar-refractivity contribution in [2.45, 2.75) is 19.6 Å². The molecule has 0 bridgehead atoms. The van der Waals surface area contributed by atoms with E-state index in [0.29, 0.717) is 5.56 Å². The van der Waals surface area contributed by atoms with E-state index in [0.717, 1.165) is 12.1 Å². The van der Waals surface area contributed by atoms with Gasteiger partial charge in [-0.25, -0.2) is 4.39 Å². The number of nitrogens with one attached hydrogen (secondary N) is 1. The summed E-state index contributed by atoms with van der Waals surface area (Å²) in [7, 11) is 0. The minimum atomic E-state index is -2.92. The zero-order valence-electron chi connectivity index (χ0n) is 12.0. The van der Waals surface area contributed by atoms with Crippen LogP contribution in [0.25, 0.3) is 0 Å². The highest BCUT2D eigenvalue weighted by molar-refractivity contribution is 6.33. The lowest BCUT2D eigenvalue weighted by molar-refractivity contribution is -0.0499. The Bertz CT molecular complexity index is 709. The Hall–Kier alpha value is -2.21. The molecule has 0 aromatic heterocycles. The Morgan fingerprint density at radius 1 is 1.22 bits per heavy atom. The van der Waals surface area contributed by atoms with Crippen LogP contribution in [0.2, 0.25) is 5.02 Å². The quantitative estimate of drug-likeness (QED) is 0.863. The second-order valence-corrected chi connectivity index (χ2v) is 5.18. The number of carbonyl (C=O) groups excluding carboxylic acids is 1. The van der Waals surface area contributed by atoms with Crippen LogP contribution in [0.15, 0.2) is 42.5 Å². The van der Waals surface area contributed by atoms with Crippen LogP contribution in [0, 0.1) is 5.82 Å². The molecular weight excluding hydrogens is 331 g/mol. The number of amides is 1. The molecule has 0 saturated heterocycles. The van der Waals surface area contributed by atoms with Crippen LogP contribution in [0.5, 0.6) is 5.75 Å². The Kier molecular flexibility index (Phi) is 5.50. The molecule has 0 spiro atoms. The molecule has 1 unspecified atom stereocenters. The van der Waals surface area contributed by atoms with Gasteiger partial charge in [-0.2, -0.15) is 8.78 Å². The van der Waals surface area contributed by atoms with Gasteiger partial charge in [0.25, 0.3) is 5.91 Å². The summed E-state index contributed by atoms with van der Waals surface area (Å²) in [6, 6.07) is 8.96. The van der Waals surface area contributed by atoms with Crippen molar-refractivity contribution in [2.75, 3.05) is 0 Å². The van der Waals surface area contributed by atoms with Gasteiger partial charge in [-0.15, -0.1) is 0 Å². The molecule has 3 nitrogen and oxygen atoms in total. The minimum absolute atomic E-state index is 0.00147. The zero-order valence-corrected chi connectivity index (χ0v) is 12.8. The summed E-state index contributed by atoms with van der Waals surface area (Å²) in [6.07, 6.45) is 0. The van der Waals surface area contributed by atoms with Gasteiger partial charge in [-0.05, 0) is 42.8 Å². The van der Waals surface area contributed by atoms with Crippen molar-refractivity contribution in [1.82, 2.24) is 5.32 Å². The second kappa shape index (κ2) is 7.37. The van der Waals surface area contributed by atoms with Crippen molar-refractivity contribution < 1.29 is 22.7 Å². The number of ether oxygens (including phenoxy) is 1. The molecule has 0 aliphatic rings. The predicted molar refractivity (Wildman–Crippen MR) is 80.4 cm³/mol. The van der Waals surface area contributed by atoms with Gasteiger partial charge in [0.1, 0.15) is 11.6 Å². The largest absolute Gasteiger partial charge is 0.435 e. The van der Waals surface area contributed by atoms with Crippen LogP contribution in [-0.4, -0.2) is 12.5 Å². The normalized spacial score (nSPS) is 12.1. The average Bonchev–Trinajstić information content (AvgIpc) is 2.46. The van der Waals surface area contributed by atoms with E-state index in [4.69, 9.17) is 11.6 Å². The highest BCUT2D eigenvalue weighted by Crippen LogP contribution is 2.22. The standard InChI is InChI=1S/C16H13ClF3NO2/c1-9(10-3-2-4-12(7-10)23-16(19)20)21-15(22)13-6-5-11(18)8-14(13)17/h2-9,16H,1H3,(H,21,22). The first-order valence-electron chi connectivity index (χ1n) is 6.67. The molecule has 23 heavy (non-hydrogen) atoms. The number of carbonyl (C=O) groups is 1. The van der Waals surface area contributed by atoms with E-state index >= 15 is 0 Å². The minimum Gasteiger partial charge on any atom is -0.435 e. The summed E-state index contributed by atoms with van der Waals surface area (Å²) in [5.41, 5.74) is 0.703. The summed E-state index contributed by atoms with van der Waals surface area (Å²) in [4.78, 5) is 12.2. The molecule has 1 amide bonds. The van der Waals surface area contributed by atoms with Crippen LogP contribution in [-0.2, 0) is 0 Å². The third-order valence-electron chi connectivity index (χ3n) is 3.11. The maximum atomic E-state index is 13.0. The van der Waals surface area contributed by atoms with Crippen molar-refractivity contribution in [3.05, 3.63) is 64.4 Å². The summed E-state index contributed by atoms with van der Waals surface area (Å²) in [6.45, 7) is -1.25. The summed E-state index contributed by atoms with van der Waals surface area (Å²) < 4.78 is 41.8. The molecule has 2 rings (SSSR count). The molecule has 1 atom stereocenters. The van der Waals surface area contributed by atoms with E-state index in [1.54, 1.807) is 19.1 Å². The zero-order chi connectivity index (χ0) is 17.0. The van der Waals surface area contributed by atoms with E-state index in [2.05, 4.69) is 10.1 Å². The van der Waals surface area contributed by atoms with E-state index in [1.165, 1.54) is 18.2 Å². The van der Waals surface area contributed by atoms with E-state index in [1.807, 2.05) is 0 Å². The maximum Gasteiger partial charge on any atom is 0.387 e. The molecule has 7 heteroatoms. The Morgan fingerprint density at radius 2 is 1.96 bits per heavy atom. The number of alkyl halides is 2. The monoisotopic (exact) mass is 343 g/mol. The van der Waals surface area contributed by atoms with E-state index in [9.17, 15) is 18.0 Å². The Labute approximate surface area is 136 Å². The third kappa shape index (κ3) is 4.63. The molecule has 122 valence electrons. The SMILES string of the molecule is CC(NC(=O)c1ccc(F)cc1Cl)c1cccc(OC(F)F)c1. The van der Waals surface area contributed by atoms with Crippen molar-refractivity contribution in [3.63, 3.8) is 0 Å². The predicted octanol–water partition coefficient (Wildman–Crippen LogP) is 4.57. The third-order valence-corrected chi connectivity index (χ3v) is 3.42. The lowest BCUT2D eigenvalue weighted by atomic mass is 10.1. The lowest BCUT2D eigenvalue weighted by Crippen LogP contribution is -2.27. The molecule has 0 aliphatic carbocycles. The first kappa shape index (κ1) is 17.1. The smallest absolute Gasteiger partial charge is 0.387 e. The lowest BCUT2D eigenvalue weighted by Gasteiger charge is -2.16. The maximum absolute atomic E-state index is 13.0. The Morgan fingerprint density at radius 3 is 2.61 bits per heavy atom. The molecule has 1 N–H and O–H groups in total. The molecule has 0 aliphatic heterocycles. The van der Waals surface area contributed by atoms with E-state index in [-0.39, 0.29) is 16.3 Å². The Balaban J connectivity index is 2.12. The molecule has 0 fully saturated rings. The van der Waals surface area contributed by atoms with Crippen LogP contribution >= 0.6 is 11.6 Å². The number of rotatable bonds is 5. The van der Waals surface area contributed by atoms with Crippen molar-refractivity contribution in [1.29, 1.82) is 0 Å². The highest BCUT2D eigenvalue weighted by atomic mass is 35.5. The van der Waals surface area contributed by atoms with Gasteiger partial charge < -0.3 is 10.1 Å². The fourth-order valence-electron chi connectivity index (χ4n) is 1.99. The van der Waals surface area contributed by atoms with Crippen LogP contribution < -0.4 is 10.1 Å². The number of halogens is 4. The molecule has 0 radical (unpaired) electrons. The molecular formula is C16H13ClF3NO2. The van der Waals surface area contributed by atoms with Crippen molar-refractivity contribution >= 4 is 17.5 Å². The number of benzene rings is 2.